The van der Waals surface area contributed by atoms with Crippen LogP contribution in [0.5, 0.6) is 11.5 Å². The smallest absolute Gasteiger partial charge is 0.123 e. The zero-order valence-electron chi connectivity index (χ0n) is 12.7. The van der Waals surface area contributed by atoms with Gasteiger partial charge >= 0.3 is 0 Å². The SMILES string of the molecule is CCCCC(CC)COc1cc(OC)cc(C(=N)N)c1. The van der Waals surface area contributed by atoms with E-state index in [-0.39, 0.29) is 5.84 Å². The fourth-order valence-electron chi connectivity index (χ4n) is 2.04. The van der Waals surface area contributed by atoms with Gasteiger partial charge in [-0.1, -0.05) is 33.1 Å². The molecular weight excluding hydrogens is 252 g/mol. The van der Waals surface area contributed by atoms with E-state index in [1.54, 1.807) is 19.2 Å². The minimum atomic E-state index is 0.0202. The highest BCUT2D eigenvalue weighted by Gasteiger charge is 2.09. The molecule has 0 heterocycles. The number of amidine groups is 1. The number of hydrogen-bond acceptors (Lipinski definition) is 3. The molecule has 0 radical (unpaired) electrons. The fraction of sp³-hybridized carbons (Fsp3) is 0.562. The molecule has 1 unspecified atom stereocenters. The third-order valence-electron chi connectivity index (χ3n) is 3.46. The predicted molar refractivity (Wildman–Crippen MR) is 82.8 cm³/mol. The number of nitrogens with one attached hydrogen (secondary N) is 1. The van der Waals surface area contributed by atoms with Gasteiger partial charge in [-0.15, -0.1) is 0 Å². The molecule has 0 fully saturated rings. The Hall–Kier alpha value is -1.71. The van der Waals surface area contributed by atoms with Crippen molar-refractivity contribution >= 4 is 5.84 Å². The van der Waals surface area contributed by atoms with Crippen LogP contribution in [0.3, 0.4) is 0 Å². The van der Waals surface area contributed by atoms with E-state index in [1.165, 1.54) is 19.3 Å². The predicted octanol–water partition coefficient (Wildman–Crippen LogP) is 3.57. The number of hydrogen-bond donors (Lipinski definition) is 2. The van der Waals surface area contributed by atoms with E-state index < -0.39 is 0 Å². The highest BCUT2D eigenvalue weighted by Crippen LogP contribution is 2.24. The molecule has 0 bridgehead atoms. The summed E-state index contributed by atoms with van der Waals surface area (Å²) in [6, 6.07) is 5.36. The van der Waals surface area contributed by atoms with E-state index in [4.69, 9.17) is 20.6 Å². The summed E-state index contributed by atoms with van der Waals surface area (Å²) in [4.78, 5) is 0. The second-order valence-electron chi connectivity index (χ2n) is 5.04. The molecule has 1 atom stereocenters. The number of nitrogen functional groups attached to an aromatic ring is 1. The Kier molecular flexibility index (Phi) is 6.91. The van der Waals surface area contributed by atoms with Crippen molar-refractivity contribution in [2.24, 2.45) is 11.7 Å². The molecule has 3 N–H and O–H groups in total. The van der Waals surface area contributed by atoms with Gasteiger partial charge in [0.05, 0.1) is 13.7 Å². The van der Waals surface area contributed by atoms with Crippen LogP contribution in [-0.2, 0) is 0 Å². The Morgan fingerprint density at radius 2 is 1.95 bits per heavy atom. The van der Waals surface area contributed by atoms with Gasteiger partial charge in [-0.2, -0.15) is 0 Å². The van der Waals surface area contributed by atoms with Crippen molar-refractivity contribution in [2.45, 2.75) is 39.5 Å². The quantitative estimate of drug-likeness (QED) is 0.536. The molecule has 1 rings (SSSR count). The molecular formula is C16H26N2O2. The van der Waals surface area contributed by atoms with E-state index in [0.29, 0.717) is 29.6 Å². The summed E-state index contributed by atoms with van der Waals surface area (Å²) in [6.45, 7) is 5.09. The van der Waals surface area contributed by atoms with Crippen LogP contribution in [0.25, 0.3) is 0 Å². The normalized spacial score (nSPS) is 11.9. The number of methoxy groups -OCH3 is 1. The molecule has 0 aromatic heterocycles. The molecule has 4 nitrogen and oxygen atoms in total. The minimum absolute atomic E-state index is 0.0202. The molecule has 1 aromatic carbocycles. The standard InChI is InChI=1S/C16H26N2O2/c1-4-6-7-12(5-2)11-20-15-9-13(16(17)18)8-14(10-15)19-3/h8-10,12H,4-7,11H2,1-3H3,(H3,17,18). The zero-order valence-corrected chi connectivity index (χ0v) is 12.7. The molecule has 20 heavy (non-hydrogen) atoms. The van der Waals surface area contributed by atoms with Gasteiger partial charge in [-0.3, -0.25) is 5.41 Å². The molecule has 4 heteroatoms. The summed E-state index contributed by atoms with van der Waals surface area (Å²) >= 11 is 0. The Labute approximate surface area is 121 Å². The van der Waals surface area contributed by atoms with Gasteiger partial charge in [0.2, 0.25) is 0 Å². The lowest BCUT2D eigenvalue weighted by Crippen LogP contribution is -2.13. The zero-order chi connectivity index (χ0) is 15.0. The van der Waals surface area contributed by atoms with E-state index in [1.807, 2.05) is 6.07 Å². The van der Waals surface area contributed by atoms with Gasteiger partial charge in [0, 0.05) is 11.6 Å². The maximum atomic E-state index is 7.51. The Balaban J connectivity index is 2.70. The maximum absolute atomic E-state index is 7.51. The third kappa shape index (κ3) is 5.11. The highest BCUT2D eigenvalue weighted by atomic mass is 16.5. The first kappa shape index (κ1) is 16.3. The van der Waals surface area contributed by atoms with Crippen molar-refractivity contribution in [3.63, 3.8) is 0 Å². The van der Waals surface area contributed by atoms with E-state index >= 15 is 0 Å². The average molecular weight is 278 g/mol. The molecule has 0 aliphatic heterocycles. The topological polar surface area (TPSA) is 68.3 Å². The number of benzene rings is 1. The lowest BCUT2D eigenvalue weighted by atomic mass is 10.0. The second kappa shape index (κ2) is 8.46. The monoisotopic (exact) mass is 278 g/mol. The van der Waals surface area contributed by atoms with Crippen LogP contribution >= 0.6 is 0 Å². The molecule has 0 spiro atoms. The van der Waals surface area contributed by atoms with Gasteiger partial charge in [0.1, 0.15) is 17.3 Å². The van der Waals surface area contributed by atoms with Crippen LogP contribution in [0.15, 0.2) is 18.2 Å². The van der Waals surface area contributed by atoms with Crippen LogP contribution in [-0.4, -0.2) is 19.6 Å². The summed E-state index contributed by atoms with van der Waals surface area (Å²) in [5, 5.41) is 7.51. The van der Waals surface area contributed by atoms with Crippen LogP contribution in [0.1, 0.15) is 45.1 Å². The lowest BCUT2D eigenvalue weighted by Gasteiger charge is -2.16. The first-order valence-corrected chi connectivity index (χ1v) is 7.26. The fourth-order valence-corrected chi connectivity index (χ4v) is 2.04. The first-order chi connectivity index (χ1) is 9.60. The van der Waals surface area contributed by atoms with E-state index in [0.717, 1.165) is 6.42 Å². The van der Waals surface area contributed by atoms with Crippen LogP contribution in [0, 0.1) is 11.3 Å². The molecule has 0 aliphatic carbocycles. The van der Waals surface area contributed by atoms with Crippen molar-refractivity contribution in [1.29, 1.82) is 5.41 Å². The summed E-state index contributed by atoms with van der Waals surface area (Å²) in [7, 11) is 1.60. The third-order valence-corrected chi connectivity index (χ3v) is 3.46. The largest absolute Gasteiger partial charge is 0.497 e. The molecule has 0 aliphatic rings. The average Bonchev–Trinajstić information content (AvgIpc) is 2.47. The molecule has 0 saturated carbocycles. The van der Waals surface area contributed by atoms with Crippen molar-refractivity contribution in [3.8, 4) is 11.5 Å². The summed E-state index contributed by atoms with van der Waals surface area (Å²) in [5.41, 5.74) is 6.15. The van der Waals surface area contributed by atoms with Crippen molar-refractivity contribution in [1.82, 2.24) is 0 Å². The maximum Gasteiger partial charge on any atom is 0.123 e. The van der Waals surface area contributed by atoms with Crippen LogP contribution in [0.2, 0.25) is 0 Å². The number of rotatable bonds is 9. The number of unbranched alkanes of at least 4 members (excludes halogenated alkanes) is 1. The van der Waals surface area contributed by atoms with Crippen molar-refractivity contribution in [3.05, 3.63) is 23.8 Å². The van der Waals surface area contributed by atoms with Crippen molar-refractivity contribution < 1.29 is 9.47 Å². The highest BCUT2D eigenvalue weighted by molar-refractivity contribution is 5.95. The summed E-state index contributed by atoms with van der Waals surface area (Å²) in [6.07, 6.45) is 4.75. The summed E-state index contributed by atoms with van der Waals surface area (Å²) in [5.74, 6) is 1.97. The molecule has 1 aromatic rings. The van der Waals surface area contributed by atoms with Crippen LogP contribution in [0.4, 0.5) is 0 Å². The van der Waals surface area contributed by atoms with Crippen LogP contribution < -0.4 is 15.2 Å². The lowest BCUT2D eigenvalue weighted by molar-refractivity contribution is 0.232. The Morgan fingerprint density at radius 1 is 1.25 bits per heavy atom. The van der Waals surface area contributed by atoms with Gasteiger partial charge in [0.15, 0.2) is 0 Å². The van der Waals surface area contributed by atoms with Gasteiger partial charge in [0.25, 0.3) is 0 Å². The number of nitrogens with two attached hydrogens (primary N) is 1. The Bertz CT molecular complexity index is 432. The molecule has 112 valence electrons. The van der Waals surface area contributed by atoms with E-state index in [2.05, 4.69) is 13.8 Å². The minimum Gasteiger partial charge on any atom is -0.497 e. The van der Waals surface area contributed by atoms with Gasteiger partial charge < -0.3 is 15.2 Å². The van der Waals surface area contributed by atoms with Crippen molar-refractivity contribution in [2.75, 3.05) is 13.7 Å². The first-order valence-electron chi connectivity index (χ1n) is 7.26. The Morgan fingerprint density at radius 3 is 2.50 bits per heavy atom. The van der Waals surface area contributed by atoms with E-state index in [9.17, 15) is 0 Å². The summed E-state index contributed by atoms with van der Waals surface area (Å²) < 4.78 is 11.1. The number of ether oxygens (including phenoxy) is 2. The molecule has 0 amide bonds. The second-order valence-corrected chi connectivity index (χ2v) is 5.04. The van der Waals surface area contributed by atoms with Gasteiger partial charge in [-0.25, -0.2) is 0 Å². The van der Waals surface area contributed by atoms with Gasteiger partial charge in [-0.05, 0) is 24.5 Å². The molecule has 0 saturated heterocycles.